The van der Waals surface area contributed by atoms with Crippen molar-refractivity contribution in [2.45, 2.75) is 43.9 Å². The van der Waals surface area contributed by atoms with Crippen molar-refractivity contribution in [2.75, 3.05) is 6.61 Å². The standard InChI is InChI=1S/C28H29NO8/c30-24-22(18-35-26(31)21-14-8-3-9-15-21)37-27(32)23(25(24)34-16-19-10-4-1-5-11-19)29-28(33)36-17-20-12-6-2-7-13-20/h1-15,22-25,27,30,32H,16-18H2,(H,29,33)/t22-,23-,24-,25-,27+/m1/s1. The number of ether oxygens (including phenoxy) is 4. The number of esters is 1. The van der Waals surface area contributed by atoms with Gasteiger partial charge in [0.25, 0.3) is 0 Å². The van der Waals surface area contributed by atoms with Crippen LogP contribution in [-0.2, 0) is 32.2 Å². The van der Waals surface area contributed by atoms with Crippen molar-refractivity contribution in [1.82, 2.24) is 5.32 Å². The number of hydrogen-bond acceptors (Lipinski definition) is 8. The number of benzene rings is 3. The number of carbonyl (C=O) groups excluding carboxylic acids is 2. The summed E-state index contributed by atoms with van der Waals surface area (Å²) < 4.78 is 22.0. The molecule has 0 aromatic heterocycles. The number of aliphatic hydroxyl groups excluding tert-OH is 2. The second-order valence-electron chi connectivity index (χ2n) is 8.51. The van der Waals surface area contributed by atoms with Gasteiger partial charge in [-0.15, -0.1) is 0 Å². The summed E-state index contributed by atoms with van der Waals surface area (Å²) in [6.45, 7) is -0.210. The lowest BCUT2D eigenvalue weighted by molar-refractivity contribution is -0.263. The minimum Gasteiger partial charge on any atom is -0.459 e. The Morgan fingerprint density at radius 2 is 1.35 bits per heavy atom. The predicted octanol–water partition coefficient (Wildman–Crippen LogP) is 2.80. The van der Waals surface area contributed by atoms with Crippen LogP contribution in [0.2, 0.25) is 0 Å². The molecule has 37 heavy (non-hydrogen) atoms. The van der Waals surface area contributed by atoms with Gasteiger partial charge in [-0.3, -0.25) is 0 Å². The Kier molecular flexibility index (Phi) is 9.23. The van der Waals surface area contributed by atoms with Crippen LogP contribution in [0.15, 0.2) is 91.0 Å². The van der Waals surface area contributed by atoms with Gasteiger partial charge in [-0.05, 0) is 23.3 Å². The van der Waals surface area contributed by atoms with E-state index in [-0.39, 0.29) is 19.8 Å². The topological polar surface area (TPSA) is 124 Å². The van der Waals surface area contributed by atoms with E-state index >= 15 is 0 Å². The maximum atomic E-state index is 12.5. The molecule has 1 fully saturated rings. The predicted molar refractivity (Wildman–Crippen MR) is 132 cm³/mol. The van der Waals surface area contributed by atoms with Gasteiger partial charge in [0.15, 0.2) is 6.29 Å². The van der Waals surface area contributed by atoms with Gasteiger partial charge in [0.1, 0.15) is 37.6 Å². The summed E-state index contributed by atoms with van der Waals surface area (Å²) in [6, 6.07) is 25.6. The first-order valence-corrected chi connectivity index (χ1v) is 11.9. The molecule has 3 aromatic rings. The number of amides is 1. The zero-order chi connectivity index (χ0) is 26.0. The molecular formula is C28H29NO8. The Hall–Kier alpha value is -3.76. The van der Waals surface area contributed by atoms with Crippen LogP contribution < -0.4 is 5.32 Å². The maximum Gasteiger partial charge on any atom is 0.407 e. The lowest BCUT2D eigenvalue weighted by Crippen LogP contribution is -2.65. The Balaban J connectivity index is 1.41. The van der Waals surface area contributed by atoms with Crippen molar-refractivity contribution in [3.05, 3.63) is 108 Å². The van der Waals surface area contributed by atoms with Crippen LogP contribution in [0.4, 0.5) is 4.79 Å². The fourth-order valence-corrected chi connectivity index (χ4v) is 3.91. The Labute approximate surface area is 214 Å². The Morgan fingerprint density at radius 1 is 0.784 bits per heavy atom. The summed E-state index contributed by atoms with van der Waals surface area (Å²) in [6.07, 6.45) is -5.90. The third-order valence-corrected chi connectivity index (χ3v) is 5.86. The molecule has 1 aliphatic rings. The van der Waals surface area contributed by atoms with Gasteiger partial charge in [-0.25, -0.2) is 9.59 Å². The highest BCUT2D eigenvalue weighted by molar-refractivity contribution is 5.89. The summed E-state index contributed by atoms with van der Waals surface area (Å²) in [7, 11) is 0. The average molecular weight is 508 g/mol. The molecule has 9 nitrogen and oxygen atoms in total. The van der Waals surface area contributed by atoms with E-state index in [2.05, 4.69) is 5.32 Å². The average Bonchev–Trinajstić information content (AvgIpc) is 2.94. The van der Waals surface area contributed by atoms with Crippen molar-refractivity contribution < 1.29 is 38.7 Å². The maximum absolute atomic E-state index is 12.5. The van der Waals surface area contributed by atoms with E-state index < -0.39 is 42.7 Å². The summed E-state index contributed by atoms with van der Waals surface area (Å²) in [5.41, 5.74) is 1.95. The smallest absolute Gasteiger partial charge is 0.407 e. The van der Waals surface area contributed by atoms with Crippen LogP contribution in [0.1, 0.15) is 21.5 Å². The van der Waals surface area contributed by atoms with E-state index in [1.807, 2.05) is 60.7 Å². The first kappa shape index (κ1) is 26.3. The molecule has 3 aromatic carbocycles. The summed E-state index contributed by atoms with van der Waals surface area (Å²) >= 11 is 0. The van der Waals surface area contributed by atoms with Crippen LogP contribution >= 0.6 is 0 Å². The summed E-state index contributed by atoms with van der Waals surface area (Å²) in [5.74, 6) is -0.600. The monoisotopic (exact) mass is 507 g/mol. The van der Waals surface area contributed by atoms with Gasteiger partial charge in [0.2, 0.25) is 0 Å². The zero-order valence-electron chi connectivity index (χ0n) is 20.0. The van der Waals surface area contributed by atoms with E-state index in [1.165, 1.54) is 0 Å². The second kappa shape index (κ2) is 13.0. The molecule has 1 heterocycles. The van der Waals surface area contributed by atoms with Crippen LogP contribution in [0.3, 0.4) is 0 Å². The molecule has 1 aliphatic heterocycles. The third kappa shape index (κ3) is 7.37. The van der Waals surface area contributed by atoms with E-state index in [1.54, 1.807) is 30.3 Å². The minimum absolute atomic E-state index is 0.0203. The van der Waals surface area contributed by atoms with Crippen molar-refractivity contribution in [2.24, 2.45) is 0 Å². The molecule has 0 spiro atoms. The van der Waals surface area contributed by atoms with Gasteiger partial charge in [0, 0.05) is 0 Å². The molecule has 194 valence electrons. The first-order valence-electron chi connectivity index (χ1n) is 11.9. The molecule has 0 bridgehead atoms. The second-order valence-corrected chi connectivity index (χ2v) is 8.51. The lowest BCUT2D eigenvalue weighted by Gasteiger charge is -2.42. The van der Waals surface area contributed by atoms with Crippen molar-refractivity contribution in [1.29, 1.82) is 0 Å². The van der Waals surface area contributed by atoms with Crippen molar-refractivity contribution in [3.8, 4) is 0 Å². The van der Waals surface area contributed by atoms with Gasteiger partial charge in [0.05, 0.1) is 12.2 Å². The molecule has 0 saturated carbocycles. The van der Waals surface area contributed by atoms with Crippen molar-refractivity contribution >= 4 is 12.1 Å². The van der Waals surface area contributed by atoms with Crippen molar-refractivity contribution in [3.63, 3.8) is 0 Å². The molecule has 0 unspecified atom stereocenters. The van der Waals surface area contributed by atoms with Gasteiger partial charge in [-0.1, -0.05) is 78.9 Å². The van der Waals surface area contributed by atoms with Gasteiger partial charge in [-0.2, -0.15) is 0 Å². The molecule has 3 N–H and O–H groups in total. The van der Waals surface area contributed by atoms with E-state index in [4.69, 9.17) is 18.9 Å². The Bertz CT molecular complexity index is 1130. The normalized spacial score (nSPS) is 23.1. The zero-order valence-corrected chi connectivity index (χ0v) is 20.0. The van der Waals surface area contributed by atoms with Crippen LogP contribution in [0.5, 0.6) is 0 Å². The summed E-state index contributed by atoms with van der Waals surface area (Å²) in [5, 5.41) is 24.3. The molecule has 0 aliphatic carbocycles. The number of carbonyl (C=O) groups is 2. The lowest BCUT2D eigenvalue weighted by atomic mass is 9.96. The van der Waals surface area contributed by atoms with Crippen LogP contribution in [-0.4, -0.2) is 59.5 Å². The molecule has 1 amide bonds. The van der Waals surface area contributed by atoms with Crippen LogP contribution in [0, 0.1) is 0 Å². The molecule has 4 rings (SSSR count). The van der Waals surface area contributed by atoms with Crippen LogP contribution in [0.25, 0.3) is 0 Å². The number of rotatable bonds is 9. The first-order chi connectivity index (χ1) is 18.0. The highest BCUT2D eigenvalue weighted by atomic mass is 16.6. The van der Waals surface area contributed by atoms with E-state index in [0.717, 1.165) is 11.1 Å². The number of aliphatic hydroxyl groups is 2. The molecular weight excluding hydrogens is 478 g/mol. The summed E-state index contributed by atoms with van der Waals surface area (Å²) in [4.78, 5) is 24.8. The third-order valence-electron chi connectivity index (χ3n) is 5.86. The van der Waals surface area contributed by atoms with E-state index in [9.17, 15) is 19.8 Å². The number of alkyl carbamates (subject to hydrolysis) is 1. The van der Waals surface area contributed by atoms with Gasteiger partial charge >= 0.3 is 12.1 Å². The number of nitrogens with one attached hydrogen (secondary N) is 1. The molecule has 0 radical (unpaired) electrons. The number of hydrogen-bond donors (Lipinski definition) is 3. The molecule has 5 atom stereocenters. The quantitative estimate of drug-likeness (QED) is 0.378. The molecule has 1 saturated heterocycles. The van der Waals surface area contributed by atoms with E-state index in [0.29, 0.717) is 5.56 Å². The fourth-order valence-electron chi connectivity index (χ4n) is 3.91. The molecule has 9 heteroatoms. The fraction of sp³-hybridized carbons (Fsp3) is 0.286. The minimum atomic E-state index is -1.56. The highest BCUT2D eigenvalue weighted by Crippen LogP contribution is 2.24. The highest BCUT2D eigenvalue weighted by Gasteiger charge is 2.47. The van der Waals surface area contributed by atoms with Gasteiger partial charge < -0.3 is 34.5 Å². The Morgan fingerprint density at radius 3 is 1.97 bits per heavy atom. The largest absolute Gasteiger partial charge is 0.459 e. The SMILES string of the molecule is O=C(N[C@@H]1[C@@H](OCc2ccccc2)[C@H](O)[C@@H](COC(=O)c2ccccc2)O[C@@H]1O)OCc1ccccc1.